The molecule has 0 radical (unpaired) electrons. The average molecular weight is 527 g/mol. The monoisotopic (exact) mass is 526 g/mol. The Morgan fingerprint density at radius 2 is 1.92 bits per heavy atom. The van der Waals surface area contributed by atoms with Crippen molar-refractivity contribution in [2.24, 2.45) is 5.92 Å². The molecule has 1 atom stereocenters. The molecule has 36 heavy (non-hydrogen) atoms. The summed E-state index contributed by atoms with van der Waals surface area (Å²) in [6, 6.07) is 11.7. The predicted molar refractivity (Wildman–Crippen MR) is 141 cm³/mol. The molecule has 0 aliphatic carbocycles. The molecule has 0 fully saturated rings. The van der Waals surface area contributed by atoms with Crippen molar-refractivity contribution < 1.29 is 17.9 Å². The molecule has 0 spiro atoms. The van der Waals surface area contributed by atoms with Gasteiger partial charge in [-0.1, -0.05) is 32.0 Å². The molecule has 8 nitrogen and oxygen atoms in total. The van der Waals surface area contributed by atoms with E-state index in [9.17, 15) is 13.2 Å². The number of nitrogens with zero attached hydrogens (tertiary/aromatic N) is 3. The number of rotatable bonds is 10. The molecule has 1 aromatic carbocycles. The van der Waals surface area contributed by atoms with Crippen LogP contribution in [0.2, 0.25) is 0 Å². The summed E-state index contributed by atoms with van der Waals surface area (Å²) >= 11 is 1.29. The highest BCUT2D eigenvalue weighted by Crippen LogP contribution is 2.23. The van der Waals surface area contributed by atoms with Gasteiger partial charge in [-0.05, 0) is 54.5 Å². The Labute approximate surface area is 215 Å². The first-order valence-corrected chi connectivity index (χ1v) is 14.0. The maximum atomic E-state index is 13.4. The average Bonchev–Trinajstić information content (AvgIpc) is 3.51. The fourth-order valence-corrected chi connectivity index (χ4v) is 6.05. The number of aryl methyl sites for hydroxylation is 1. The topological polar surface area (TPSA) is 105 Å². The molecule has 0 aliphatic rings. The minimum Gasteiger partial charge on any atom is -0.460 e. The smallest absolute Gasteiger partial charge is 0.348 e. The van der Waals surface area contributed by atoms with Crippen LogP contribution in [0.1, 0.15) is 47.0 Å². The van der Waals surface area contributed by atoms with Gasteiger partial charge in [-0.25, -0.2) is 18.2 Å². The number of thiophene rings is 1. The number of sulfonamides is 1. The van der Waals surface area contributed by atoms with E-state index < -0.39 is 22.0 Å². The molecule has 1 N–H and O–H groups in total. The lowest BCUT2D eigenvalue weighted by molar-refractivity contribution is 0.0421. The number of fused-ring (bicyclic) bond motifs is 1. The zero-order valence-electron chi connectivity index (χ0n) is 20.8. The Balaban J connectivity index is 1.49. The van der Waals surface area contributed by atoms with Gasteiger partial charge in [0.25, 0.3) is 0 Å². The van der Waals surface area contributed by atoms with E-state index in [-0.39, 0.29) is 17.4 Å². The van der Waals surface area contributed by atoms with Crippen molar-refractivity contribution in [3.63, 3.8) is 0 Å². The predicted octanol–water partition coefficient (Wildman–Crippen LogP) is 4.81. The van der Waals surface area contributed by atoms with Crippen molar-refractivity contribution in [3.05, 3.63) is 76.0 Å². The van der Waals surface area contributed by atoms with E-state index in [1.165, 1.54) is 15.6 Å². The highest BCUT2D eigenvalue weighted by molar-refractivity contribution is 7.89. The quantitative estimate of drug-likeness (QED) is 0.297. The van der Waals surface area contributed by atoms with Gasteiger partial charge in [0.05, 0.1) is 22.1 Å². The van der Waals surface area contributed by atoms with Gasteiger partial charge < -0.3 is 9.72 Å². The van der Waals surface area contributed by atoms with E-state index in [1.54, 1.807) is 55.0 Å². The maximum Gasteiger partial charge on any atom is 0.348 e. The number of carbonyl (C=O) groups is 1. The maximum absolute atomic E-state index is 13.4. The van der Waals surface area contributed by atoms with Crippen LogP contribution >= 0.6 is 11.3 Å². The zero-order valence-corrected chi connectivity index (χ0v) is 22.4. The molecule has 190 valence electrons. The summed E-state index contributed by atoms with van der Waals surface area (Å²) in [5.74, 6) is 0.599. The molecule has 4 rings (SSSR count). The Morgan fingerprint density at radius 1 is 1.17 bits per heavy atom. The van der Waals surface area contributed by atoms with Crippen molar-refractivity contribution in [1.29, 1.82) is 0 Å². The summed E-state index contributed by atoms with van der Waals surface area (Å²) in [4.78, 5) is 25.2. The van der Waals surface area contributed by atoms with Gasteiger partial charge in [0.1, 0.15) is 22.8 Å². The minimum atomic E-state index is -3.79. The van der Waals surface area contributed by atoms with E-state index in [0.717, 1.165) is 28.1 Å². The van der Waals surface area contributed by atoms with Gasteiger partial charge >= 0.3 is 5.97 Å². The third-order valence-electron chi connectivity index (χ3n) is 5.95. The van der Waals surface area contributed by atoms with Gasteiger partial charge in [0.15, 0.2) is 0 Å². The Kier molecular flexibility index (Phi) is 7.87. The summed E-state index contributed by atoms with van der Waals surface area (Å²) in [7, 11) is -2.25. The van der Waals surface area contributed by atoms with Crippen LogP contribution in [0, 0.1) is 12.8 Å². The number of H-pyrrole nitrogens is 1. The molecule has 3 aromatic heterocycles. The number of pyridine rings is 1. The van der Waals surface area contributed by atoms with E-state index in [0.29, 0.717) is 17.7 Å². The largest absolute Gasteiger partial charge is 0.460 e. The molecule has 3 heterocycles. The summed E-state index contributed by atoms with van der Waals surface area (Å²) in [6.07, 6.45) is 2.83. The lowest BCUT2D eigenvalue weighted by Gasteiger charge is -2.28. The van der Waals surface area contributed by atoms with Crippen LogP contribution in [0.3, 0.4) is 0 Å². The normalized spacial score (nSPS) is 12.9. The number of aromatic amines is 1. The number of nitrogens with one attached hydrogen (secondary N) is 1. The van der Waals surface area contributed by atoms with Crippen molar-refractivity contribution in [2.75, 3.05) is 13.7 Å². The van der Waals surface area contributed by atoms with E-state index in [1.807, 2.05) is 26.8 Å². The molecule has 0 saturated carbocycles. The Hall–Kier alpha value is -3.08. The number of ether oxygens (including phenoxy) is 1. The molecule has 0 saturated heterocycles. The highest BCUT2D eigenvalue weighted by Gasteiger charge is 2.30. The van der Waals surface area contributed by atoms with Crippen molar-refractivity contribution in [2.45, 2.75) is 44.6 Å². The summed E-state index contributed by atoms with van der Waals surface area (Å²) in [6.45, 7) is 5.91. The summed E-state index contributed by atoms with van der Waals surface area (Å²) in [5, 5.41) is 1.80. The fourth-order valence-electron chi connectivity index (χ4n) is 4.08. The van der Waals surface area contributed by atoms with Crippen molar-refractivity contribution in [3.8, 4) is 0 Å². The number of benzene rings is 1. The molecular formula is C26H30N4O4S2. The van der Waals surface area contributed by atoms with Crippen LogP contribution in [0.5, 0.6) is 0 Å². The molecular weight excluding hydrogens is 496 g/mol. The van der Waals surface area contributed by atoms with Gasteiger partial charge in [-0.15, -0.1) is 11.3 Å². The standard InChI is InChI=1S/C26H30N4O4S2/c1-17(2)14-20(16-34-26(31)24-6-5-13-35-24)30(4)36(32,33)21-9-7-19(8-10-21)15-23-25-22(11-12-27-23)28-18(3)29-25/h5-13,17,20H,14-16H2,1-4H3,(H,28,29)/t20-/m0/s1. The number of likely N-dealkylation sites (N-methyl/N-ethyl adjacent to an activating group) is 1. The second-order valence-corrected chi connectivity index (χ2v) is 12.1. The second-order valence-electron chi connectivity index (χ2n) is 9.18. The molecule has 0 unspecified atom stereocenters. The van der Waals surface area contributed by atoms with Gasteiger partial charge in [0.2, 0.25) is 10.0 Å². The summed E-state index contributed by atoms with van der Waals surface area (Å²) in [5.41, 5.74) is 3.50. The number of hydrogen-bond acceptors (Lipinski definition) is 7. The van der Waals surface area contributed by atoms with Gasteiger partial charge in [0, 0.05) is 19.7 Å². The van der Waals surface area contributed by atoms with Gasteiger partial charge in [-0.2, -0.15) is 4.31 Å². The second kappa shape index (κ2) is 10.9. The lowest BCUT2D eigenvalue weighted by Crippen LogP contribution is -2.41. The SMILES string of the molecule is Cc1nc2c(Cc3ccc(S(=O)(=O)N(C)[C@H](COC(=O)c4cccs4)CC(C)C)cc3)nccc2[nH]1. The number of esters is 1. The van der Waals surface area contributed by atoms with Gasteiger partial charge in [-0.3, -0.25) is 4.98 Å². The van der Waals surface area contributed by atoms with E-state index in [2.05, 4.69) is 15.0 Å². The highest BCUT2D eigenvalue weighted by atomic mass is 32.2. The van der Waals surface area contributed by atoms with Crippen molar-refractivity contribution in [1.82, 2.24) is 19.3 Å². The molecule has 0 aliphatic heterocycles. The first-order valence-electron chi connectivity index (χ1n) is 11.7. The van der Waals surface area contributed by atoms with Crippen LogP contribution in [-0.2, 0) is 21.2 Å². The third kappa shape index (κ3) is 5.83. The van der Waals surface area contributed by atoms with Crippen LogP contribution < -0.4 is 0 Å². The Morgan fingerprint density at radius 3 is 2.58 bits per heavy atom. The Bertz CT molecular complexity index is 1430. The van der Waals surface area contributed by atoms with E-state index in [4.69, 9.17) is 4.74 Å². The molecule has 0 amide bonds. The minimum absolute atomic E-state index is 0.0124. The third-order valence-corrected chi connectivity index (χ3v) is 8.73. The van der Waals surface area contributed by atoms with Crippen LogP contribution in [-0.4, -0.2) is 53.3 Å². The number of aromatic nitrogens is 3. The molecule has 10 heteroatoms. The number of carbonyl (C=O) groups excluding carboxylic acids is 1. The van der Waals surface area contributed by atoms with Crippen LogP contribution in [0.4, 0.5) is 0 Å². The number of hydrogen-bond donors (Lipinski definition) is 1. The first-order chi connectivity index (χ1) is 17.1. The lowest BCUT2D eigenvalue weighted by atomic mass is 10.0. The van der Waals surface area contributed by atoms with E-state index >= 15 is 0 Å². The molecule has 0 bridgehead atoms. The first kappa shape index (κ1) is 26.0. The molecule has 4 aromatic rings. The fraction of sp³-hybridized carbons (Fsp3) is 0.346. The number of imidazole rings is 1. The van der Waals surface area contributed by atoms with Crippen molar-refractivity contribution >= 4 is 38.4 Å². The summed E-state index contributed by atoms with van der Waals surface area (Å²) < 4.78 is 33.7. The van der Waals surface area contributed by atoms with Crippen LogP contribution in [0.25, 0.3) is 11.0 Å². The van der Waals surface area contributed by atoms with Crippen LogP contribution in [0.15, 0.2) is 58.9 Å². The zero-order chi connectivity index (χ0) is 25.9.